The van der Waals surface area contributed by atoms with E-state index in [2.05, 4.69) is 0 Å². The fourth-order valence-corrected chi connectivity index (χ4v) is 3.25. The minimum atomic E-state index is -3.16. The Morgan fingerprint density at radius 2 is 2.06 bits per heavy atom. The molecule has 0 fully saturated rings. The maximum Gasteiger partial charge on any atom is 0.175 e. The van der Waals surface area contributed by atoms with Gasteiger partial charge in [-0.2, -0.15) is 0 Å². The van der Waals surface area contributed by atoms with Gasteiger partial charge in [0.2, 0.25) is 0 Å². The lowest BCUT2D eigenvalue weighted by Gasteiger charge is -2.05. The Morgan fingerprint density at radius 1 is 1.29 bits per heavy atom. The summed E-state index contributed by atoms with van der Waals surface area (Å²) in [5, 5.41) is 2.10. The molecule has 4 heteroatoms. The van der Waals surface area contributed by atoms with E-state index in [9.17, 15) is 8.42 Å². The van der Waals surface area contributed by atoms with Gasteiger partial charge in [-0.1, -0.05) is 18.2 Å². The molecule has 2 N–H and O–H groups in total. The first kappa shape index (κ1) is 10.7. The molecule has 17 heavy (non-hydrogen) atoms. The van der Waals surface area contributed by atoms with E-state index in [1.54, 1.807) is 12.1 Å². The van der Waals surface area contributed by atoms with Crippen LogP contribution in [0.5, 0.6) is 0 Å². The van der Waals surface area contributed by atoms with Crippen molar-refractivity contribution < 1.29 is 8.42 Å². The Kier molecular flexibility index (Phi) is 2.09. The summed E-state index contributed by atoms with van der Waals surface area (Å²) >= 11 is 0. The van der Waals surface area contributed by atoms with Gasteiger partial charge < -0.3 is 5.73 Å². The number of rotatable bonds is 1. The van der Waals surface area contributed by atoms with Crippen LogP contribution in [0, 0.1) is 0 Å². The van der Waals surface area contributed by atoms with E-state index >= 15 is 0 Å². The fourth-order valence-electron chi connectivity index (χ4n) is 2.55. The van der Waals surface area contributed by atoms with Crippen LogP contribution in [0.3, 0.4) is 0 Å². The first-order valence-electron chi connectivity index (χ1n) is 5.48. The van der Waals surface area contributed by atoms with Crippen molar-refractivity contribution >= 4 is 20.6 Å². The maximum atomic E-state index is 11.6. The number of hydrogen-bond donors (Lipinski definition) is 1. The molecule has 3 nitrogen and oxygen atoms in total. The summed E-state index contributed by atoms with van der Waals surface area (Å²) in [4.78, 5) is 0.381. The Bertz CT molecular complexity index is 720. The lowest BCUT2D eigenvalue weighted by atomic mass is 10.0. The number of sulfone groups is 1. The highest BCUT2D eigenvalue weighted by molar-refractivity contribution is 7.90. The topological polar surface area (TPSA) is 60.2 Å². The zero-order chi connectivity index (χ0) is 12.2. The van der Waals surface area contributed by atoms with E-state index in [-0.39, 0.29) is 6.04 Å². The van der Waals surface area contributed by atoms with Gasteiger partial charge in [0.15, 0.2) is 9.84 Å². The van der Waals surface area contributed by atoms with Crippen molar-refractivity contribution in [3.8, 4) is 0 Å². The summed E-state index contributed by atoms with van der Waals surface area (Å²) in [6.07, 6.45) is 1.96. The Labute approximate surface area is 100 Å². The van der Waals surface area contributed by atoms with Gasteiger partial charge in [0, 0.05) is 12.3 Å². The van der Waals surface area contributed by atoms with Gasteiger partial charge >= 0.3 is 0 Å². The fraction of sp³-hybridized carbons (Fsp3) is 0.231. The molecule has 1 aliphatic rings. The van der Waals surface area contributed by atoms with Crippen molar-refractivity contribution in [1.29, 1.82) is 0 Å². The van der Waals surface area contributed by atoms with E-state index in [0.717, 1.165) is 28.3 Å². The quantitative estimate of drug-likeness (QED) is 0.836. The zero-order valence-corrected chi connectivity index (χ0v) is 10.3. The van der Waals surface area contributed by atoms with Crippen molar-refractivity contribution in [3.05, 3.63) is 41.5 Å². The maximum absolute atomic E-state index is 11.6. The molecule has 1 atom stereocenters. The highest BCUT2D eigenvalue weighted by Gasteiger charge is 2.23. The average molecular weight is 247 g/mol. The predicted octanol–water partition coefficient (Wildman–Crippen LogP) is 1.80. The van der Waals surface area contributed by atoms with Crippen molar-refractivity contribution in [2.45, 2.75) is 17.4 Å². The molecule has 2 aromatic carbocycles. The largest absolute Gasteiger partial charge is 0.324 e. The SMILES string of the molecule is CS(=O)(=O)c1cc2c3c(cccc3c1)C(N)C2. The second kappa shape index (κ2) is 3.31. The van der Waals surface area contributed by atoms with Crippen LogP contribution in [-0.2, 0) is 16.3 Å². The lowest BCUT2D eigenvalue weighted by Crippen LogP contribution is -2.07. The molecule has 1 aliphatic carbocycles. The molecule has 0 bridgehead atoms. The normalized spacial score (nSPS) is 18.8. The van der Waals surface area contributed by atoms with E-state index in [0.29, 0.717) is 4.90 Å². The van der Waals surface area contributed by atoms with Crippen LogP contribution in [0.15, 0.2) is 35.2 Å². The molecule has 0 saturated heterocycles. The molecule has 0 amide bonds. The van der Waals surface area contributed by atoms with Crippen LogP contribution in [0.4, 0.5) is 0 Å². The van der Waals surface area contributed by atoms with Gasteiger partial charge in [-0.15, -0.1) is 0 Å². The third kappa shape index (κ3) is 1.56. The third-order valence-corrected chi connectivity index (χ3v) is 4.42. The Balaban J connectivity index is 2.41. The summed E-state index contributed by atoms with van der Waals surface area (Å²) in [7, 11) is -3.16. The molecular formula is C13H13NO2S. The zero-order valence-electron chi connectivity index (χ0n) is 9.47. The first-order valence-corrected chi connectivity index (χ1v) is 7.37. The summed E-state index contributed by atoms with van der Waals surface area (Å²) in [5.41, 5.74) is 8.22. The van der Waals surface area contributed by atoms with Crippen LogP contribution in [0.1, 0.15) is 17.2 Å². The summed E-state index contributed by atoms with van der Waals surface area (Å²) in [6.45, 7) is 0. The van der Waals surface area contributed by atoms with Crippen molar-refractivity contribution in [2.75, 3.05) is 6.26 Å². The summed E-state index contributed by atoms with van der Waals surface area (Å²) < 4.78 is 23.2. The molecule has 0 radical (unpaired) electrons. The van der Waals surface area contributed by atoms with Gasteiger partial charge in [0.1, 0.15) is 0 Å². The van der Waals surface area contributed by atoms with Crippen LogP contribution in [0.25, 0.3) is 10.8 Å². The standard InChI is InChI=1S/C13H13NO2S/c1-17(15,16)10-5-8-3-2-4-11-12(14)7-9(6-10)13(8)11/h2-6,12H,7,14H2,1H3. The molecule has 0 aliphatic heterocycles. The van der Waals surface area contributed by atoms with E-state index in [1.807, 2.05) is 18.2 Å². The van der Waals surface area contributed by atoms with Crippen molar-refractivity contribution in [2.24, 2.45) is 5.73 Å². The molecule has 2 aromatic rings. The monoisotopic (exact) mass is 247 g/mol. The van der Waals surface area contributed by atoms with Crippen LogP contribution < -0.4 is 5.73 Å². The Hall–Kier alpha value is -1.39. The van der Waals surface area contributed by atoms with Gasteiger partial charge in [-0.25, -0.2) is 8.42 Å². The van der Waals surface area contributed by atoms with Crippen LogP contribution >= 0.6 is 0 Å². The average Bonchev–Trinajstić information content (AvgIpc) is 2.56. The van der Waals surface area contributed by atoms with Gasteiger partial charge in [-0.3, -0.25) is 0 Å². The molecule has 0 aromatic heterocycles. The van der Waals surface area contributed by atoms with Crippen LogP contribution in [0.2, 0.25) is 0 Å². The van der Waals surface area contributed by atoms with Gasteiger partial charge in [0.05, 0.1) is 4.90 Å². The summed E-state index contributed by atoms with van der Waals surface area (Å²) in [5.74, 6) is 0. The van der Waals surface area contributed by atoms with Crippen molar-refractivity contribution in [3.63, 3.8) is 0 Å². The van der Waals surface area contributed by atoms with Crippen LogP contribution in [-0.4, -0.2) is 14.7 Å². The summed E-state index contributed by atoms with van der Waals surface area (Å²) in [6, 6.07) is 9.37. The molecule has 0 spiro atoms. The second-order valence-corrected chi connectivity index (χ2v) is 6.63. The lowest BCUT2D eigenvalue weighted by molar-refractivity contribution is 0.602. The highest BCUT2D eigenvalue weighted by Crippen LogP contribution is 2.37. The van der Waals surface area contributed by atoms with Gasteiger partial charge in [-0.05, 0) is 40.5 Å². The van der Waals surface area contributed by atoms with E-state index in [4.69, 9.17) is 5.73 Å². The Morgan fingerprint density at radius 3 is 2.76 bits per heavy atom. The molecule has 1 unspecified atom stereocenters. The van der Waals surface area contributed by atoms with Crippen molar-refractivity contribution in [1.82, 2.24) is 0 Å². The van der Waals surface area contributed by atoms with Gasteiger partial charge in [0.25, 0.3) is 0 Å². The first-order chi connectivity index (χ1) is 7.97. The third-order valence-electron chi connectivity index (χ3n) is 3.33. The second-order valence-electron chi connectivity index (χ2n) is 4.61. The number of nitrogens with two attached hydrogens (primary N) is 1. The van der Waals surface area contributed by atoms with E-state index < -0.39 is 9.84 Å². The molecule has 0 saturated carbocycles. The predicted molar refractivity (Wildman–Crippen MR) is 67.7 cm³/mol. The smallest absolute Gasteiger partial charge is 0.175 e. The minimum Gasteiger partial charge on any atom is -0.324 e. The number of benzene rings is 2. The number of hydrogen-bond acceptors (Lipinski definition) is 3. The molecular weight excluding hydrogens is 234 g/mol. The minimum absolute atomic E-state index is 0.0106. The molecule has 0 heterocycles. The highest BCUT2D eigenvalue weighted by atomic mass is 32.2. The molecule has 88 valence electrons. The van der Waals surface area contributed by atoms with E-state index in [1.165, 1.54) is 6.26 Å². The molecule has 3 rings (SSSR count).